The van der Waals surface area contributed by atoms with Gasteiger partial charge in [0.15, 0.2) is 0 Å². The number of benzene rings is 3. The van der Waals surface area contributed by atoms with E-state index in [-0.39, 0.29) is 17.0 Å². The number of hydrogen-bond donors (Lipinski definition) is 1. The average molecular weight is 731 g/mol. The predicted molar refractivity (Wildman–Crippen MR) is 175 cm³/mol. The van der Waals surface area contributed by atoms with Gasteiger partial charge in [-0.2, -0.15) is 13.2 Å². The first-order chi connectivity index (χ1) is 21.6. The minimum atomic E-state index is -4.59. The summed E-state index contributed by atoms with van der Waals surface area (Å²) in [5.74, 6) is -2.96. The number of anilines is 2. The third-order valence-corrected chi connectivity index (χ3v) is 11.2. The van der Waals surface area contributed by atoms with Crippen molar-refractivity contribution < 1.29 is 27.6 Å². The number of aromatic nitrogens is 1. The predicted octanol–water partition coefficient (Wildman–Crippen LogP) is 7.42. The third-order valence-electron chi connectivity index (χ3n) is 8.05. The molecule has 1 fully saturated rings. The van der Waals surface area contributed by atoms with Crippen molar-refractivity contribution in [2.24, 2.45) is 5.92 Å². The SMILES string of the molecule is CC(C)(C)c1ccc(C2c3sc(=O)n(CC(=O)Nc4cccc(C(F)(F)F)c4)c3SC3C(=O)N(c4ccc(Br)cc4)C(=O)C32)cc1. The second kappa shape index (κ2) is 11.8. The molecule has 0 aliphatic carbocycles. The molecule has 238 valence electrons. The molecule has 3 heterocycles. The average Bonchev–Trinajstić information content (AvgIpc) is 3.43. The topological polar surface area (TPSA) is 88.5 Å². The van der Waals surface area contributed by atoms with Crippen LogP contribution in [0.5, 0.6) is 0 Å². The first-order valence-corrected chi connectivity index (χ1v) is 16.7. The fourth-order valence-corrected chi connectivity index (χ4v) is 8.80. The van der Waals surface area contributed by atoms with Crippen molar-refractivity contribution in [2.45, 2.75) is 55.1 Å². The summed E-state index contributed by atoms with van der Waals surface area (Å²) in [6.45, 7) is 5.76. The molecular weight excluding hydrogens is 703 g/mol. The summed E-state index contributed by atoms with van der Waals surface area (Å²) < 4.78 is 41.7. The minimum Gasteiger partial charge on any atom is -0.325 e. The molecule has 2 aliphatic heterocycles. The second-order valence-corrected chi connectivity index (χ2v) is 15.2. The number of fused-ring (bicyclic) bond motifs is 2. The van der Waals surface area contributed by atoms with Crippen LogP contribution in [0.4, 0.5) is 24.5 Å². The number of thioether (sulfide) groups is 1. The lowest BCUT2D eigenvalue weighted by Crippen LogP contribution is -2.33. The molecule has 4 aromatic rings. The van der Waals surface area contributed by atoms with Crippen molar-refractivity contribution in [3.05, 3.63) is 109 Å². The first kappa shape index (κ1) is 32.3. The number of carbonyl (C=O) groups excluding carboxylic acids is 3. The van der Waals surface area contributed by atoms with E-state index >= 15 is 0 Å². The van der Waals surface area contributed by atoms with Gasteiger partial charge < -0.3 is 5.32 Å². The van der Waals surface area contributed by atoms with Crippen molar-refractivity contribution in [1.29, 1.82) is 0 Å². The molecule has 3 atom stereocenters. The number of thiazole rings is 1. The van der Waals surface area contributed by atoms with Gasteiger partial charge in [-0.1, -0.05) is 90.1 Å². The Labute approximate surface area is 278 Å². The van der Waals surface area contributed by atoms with Crippen LogP contribution in [0.25, 0.3) is 0 Å². The number of rotatable bonds is 5. The Bertz CT molecular complexity index is 1910. The van der Waals surface area contributed by atoms with Gasteiger partial charge in [0.2, 0.25) is 17.7 Å². The van der Waals surface area contributed by atoms with Crippen LogP contribution >= 0.6 is 39.0 Å². The van der Waals surface area contributed by atoms with E-state index in [1.54, 1.807) is 24.3 Å². The molecule has 0 saturated carbocycles. The summed E-state index contributed by atoms with van der Waals surface area (Å²) in [4.78, 5) is 55.8. The summed E-state index contributed by atoms with van der Waals surface area (Å²) in [6, 6.07) is 18.8. The molecule has 1 N–H and O–H groups in total. The summed E-state index contributed by atoms with van der Waals surface area (Å²) >= 11 is 5.36. The Morgan fingerprint density at radius 2 is 1.59 bits per heavy atom. The zero-order valence-corrected chi connectivity index (χ0v) is 27.9. The Hall–Kier alpha value is -3.68. The van der Waals surface area contributed by atoms with Crippen LogP contribution in [0.3, 0.4) is 0 Å². The molecule has 13 heteroatoms. The number of alkyl halides is 3. The maximum atomic E-state index is 14.1. The lowest BCUT2D eigenvalue weighted by molar-refractivity contribution is -0.137. The van der Waals surface area contributed by atoms with Crippen LogP contribution in [0.15, 0.2) is 87.1 Å². The van der Waals surface area contributed by atoms with Crippen LogP contribution in [-0.2, 0) is 32.5 Å². The quantitative estimate of drug-likeness (QED) is 0.216. The smallest absolute Gasteiger partial charge is 0.325 e. The highest BCUT2D eigenvalue weighted by molar-refractivity contribution is 9.10. The van der Waals surface area contributed by atoms with Crippen LogP contribution in [0, 0.1) is 5.92 Å². The molecule has 46 heavy (non-hydrogen) atoms. The maximum absolute atomic E-state index is 14.1. The number of halogens is 4. The Balaban J connectivity index is 1.39. The van der Waals surface area contributed by atoms with Gasteiger partial charge in [-0.15, -0.1) is 0 Å². The number of nitrogens with one attached hydrogen (secondary N) is 1. The van der Waals surface area contributed by atoms with Crippen LogP contribution < -0.4 is 15.1 Å². The Morgan fingerprint density at radius 1 is 0.913 bits per heavy atom. The van der Waals surface area contributed by atoms with Crippen molar-refractivity contribution in [1.82, 2.24) is 4.57 Å². The van der Waals surface area contributed by atoms with Crippen molar-refractivity contribution >= 4 is 68.1 Å². The molecule has 3 aromatic carbocycles. The van der Waals surface area contributed by atoms with Crippen LogP contribution in [-0.4, -0.2) is 27.5 Å². The molecule has 7 nitrogen and oxygen atoms in total. The summed E-state index contributed by atoms with van der Waals surface area (Å²) in [5.41, 5.74) is 1.13. The molecule has 0 radical (unpaired) electrons. The van der Waals surface area contributed by atoms with E-state index in [4.69, 9.17) is 0 Å². The zero-order chi connectivity index (χ0) is 33.1. The number of imide groups is 1. The van der Waals surface area contributed by atoms with Gasteiger partial charge in [0, 0.05) is 21.0 Å². The molecule has 0 bridgehead atoms. The summed E-state index contributed by atoms with van der Waals surface area (Å²) in [6.07, 6.45) is -4.59. The summed E-state index contributed by atoms with van der Waals surface area (Å²) in [5, 5.41) is 1.96. The highest BCUT2D eigenvalue weighted by Gasteiger charge is 2.56. The molecule has 2 aliphatic rings. The van der Waals surface area contributed by atoms with Gasteiger partial charge in [0.1, 0.15) is 11.8 Å². The van der Waals surface area contributed by atoms with E-state index in [9.17, 15) is 32.3 Å². The van der Waals surface area contributed by atoms with E-state index in [2.05, 4.69) is 42.0 Å². The van der Waals surface area contributed by atoms with Gasteiger partial charge in [0.25, 0.3) is 0 Å². The molecule has 1 aromatic heterocycles. The van der Waals surface area contributed by atoms with E-state index in [1.165, 1.54) is 21.6 Å². The lowest BCUT2D eigenvalue weighted by Gasteiger charge is -2.31. The van der Waals surface area contributed by atoms with Crippen molar-refractivity contribution in [2.75, 3.05) is 10.2 Å². The molecule has 6 rings (SSSR count). The van der Waals surface area contributed by atoms with E-state index < -0.39 is 52.1 Å². The molecule has 0 spiro atoms. The highest BCUT2D eigenvalue weighted by atomic mass is 79.9. The number of hydrogen-bond acceptors (Lipinski definition) is 6. The van der Waals surface area contributed by atoms with Gasteiger partial charge >= 0.3 is 11.0 Å². The second-order valence-electron chi connectivity index (χ2n) is 12.2. The maximum Gasteiger partial charge on any atom is 0.416 e. The largest absolute Gasteiger partial charge is 0.416 e. The van der Waals surface area contributed by atoms with E-state index in [1.807, 2.05) is 24.3 Å². The molecule has 1 saturated heterocycles. The standard InChI is InChI=1S/C33H27BrF3N3O4S2/c1-32(2,3)18-9-7-17(8-10-18)24-25-26(29(43)40(28(25)42)22-13-11-20(34)12-14-22)45-30-27(24)46-31(44)39(30)16-23(41)38-21-6-4-5-19(15-21)33(35,36)37/h4-15,24-26H,16H2,1-3H3,(H,38,41). The van der Waals surface area contributed by atoms with E-state index in [0.717, 1.165) is 50.8 Å². The van der Waals surface area contributed by atoms with Crippen molar-refractivity contribution in [3.63, 3.8) is 0 Å². The first-order valence-electron chi connectivity index (χ1n) is 14.2. The van der Waals surface area contributed by atoms with Gasteiger partial charge in [-0.05, 0) is 59.0 Å². The van der Waals surface area contributed by atoms with Crippen LogP contribution in [0.2, 0.25) is 0 Å². The van der Waals surface area contributed by atoms with E-state index in [0.29, 0.717) is 15.6 Å². The Kier molecular flexibility index (Phi) is 8.31. The summed E-state index contributed by atoms with van der Waals surface area (Å²) in [7, 11) is 0. The minimum absolute atomic E-state index is 0.0665. The van der Waals surface area contributed by atoms with Gasteiger partial charge in [-0.3, -0.25) is 23.7 Å². The third kappa shape index (κ3) is 5.95. The van der Waals surface area contributed by atoms with Crippen molar-refractivity contribution in [3.8, 4) is 0 Å². The zero-order valence-electron chi connectivity index (χ0n) is 24.7. The number of amides is 3. The normalized spacial score (nSPS) is 19.6. The molecule has 3 amide bonds. The van der Waals surface area contributed by atoms with Gasteiger partial charge in [-0.25, -0.2) is 4.90 Å². The number of carbonyl (C=O) groups is 3. The lowest BCUT2D eigenvalue weighted by atomic mass is 9.81. The number of nitrogens with zero attached hydrogens (tertiary/aromatic N) is 2. The fourth-order valence-electron chi connectivity index (χ4n) is 5.77. The van der Waals surface area contributed by atoms with Crippen LogP contribution in [0.1, 0.15) is 48.3 Å². The molecular formula is C33H27BrF3N3O4S2. The fraction of sp³-hybridized carbons (Fsp3) is 0.273. The molecule has 3 unspecified atom stereocenters. The monoisotopic (exact) mass is 729 g/mol. The highest BCUT2D eigenvalue weighted by Crippen LogP contribution is 2.54. The Morgan fingerprint density at radius 3 is 2.22 bits per heavy atom. The van der Waals surface area contributed by atoms with Gasteiger partial charge in [0.05, 0.1) is 22.2 Å².